The van der Waals surface area contributed by atoms with Crippen molar-refractivity contribution in [3.8, 4) is 17.2 Å². The maximum atomic E-state index is 13.2. The summed E-state index contributed by atoms with van der Waals surface area (Å²) in [7, 11) is 0. The Labute approximate surface area is 190 Å². The Hall–Kier alpha value is -3.97. The number of thiocarbonyl (C=S) groups is 1. The highest BCUT2D eigenvalue weighted by atomic mass is 32.1. The van der Waals surface area contributed by atoms with Crippen molar-refractivity contribution in [1.82, 2.24) is 5.32 Å². The van der Waals surface area contributed by atoms with Crippen molar-refractivity contribution in [2.75, 3.05) is 11.5 Å². The van der Waals surface area contributed by atoms with Crippen LogP contribution in [0.25, 0.3) is 6.08 Å². The normalized spacial score (nSPS) is 16.6. The monoisotopic (exact) mass is 442 g/mol. The van der Waals surface area contributed by atoms with Gasteiger partial charge >= 0.3 is 0 Å². The second-order valence-electron chi connectivity index (χ2n) is 7.33. The van der Waals surface area contributed by atoms with E-state index in [1.165, 1.54) is 4.90 Å². The van der Waals surface area contributed by atoms with Crippen LogP contribution in [0.1, 0.15) is 11.1 Å². The number of nitrogens with zero attached hydrogens (tertiary/aromatic N) is 1. The van der Waals surface area contributed by atoms with Crippen molar-refractivity contribution < 1.29 is 19.1 Å². The predicted octanol–water partition coefficient (Wildman–Crippen LogP) is 4.25. The van der Waals surface area contributed by atoms with Gasteiger partial charge in [0.15, 0.2) is 5.11 Å². The minimum Gasteiger partial charge on any atom is -0.493 e. The van der Waals surface area contributed by atoms with Crippen LogP contribution in [0.4, 0.5) is 5.69 Å². The standard InChI is InChI=1S/C25H18N2O4S/c28-23-21(15-16-6-11-22-17(14-16)12-13-30-22)24(29)27(25(32)26-23)18-7-9-20(10-8-18)31-19-4-2-1-3-5-19/h1-11,14-15H,12-13H2,(H,26,28,32). The van der Waals surface area contributed by atoms with Gasteiger partial charge in [-0.25, -0.2) is 0 Å². The molecule has 5 rings (SSSR count). The molecule has 2 aliphatic rings. The summed E-state index contributed by atoms with van der Waals surface area (Å²) < 4.78 is 11.3. The fraction of sp³-hybridized carbons (Fsp3) is 0.0800. The molecule has 2 amide bonds. The average molecular weight is 442 g/mol. The molecule has 0 aliphatic carbocycles. The number of hydrogen-bond acceptors (Lipinski definition) is 5. The topological polar surface area (TPSA) is 67.9 Å². The fourth-order valence-corrected chi connectivity index (χ4v) is 3.92. The summed E-state index contributed by atoms with van der Waals surface area (Å²) in [6.07, 6.45) is 2.39. The Morgan fingerprint density at radius 2 is 1.72 bits per heavy atom. The molecule has 3 aromatic rings. The number of para-hydroxylation sites is 1. The van der Waals surface area contributed by atoms with Crippen molar-refractivity contribution in [3.05, 3.63) is 89.5 Å². The zero-order valence-corrected chi connectivity index (χ0v) is 17.7. The van der Waals surface area contributed by atoms with Gasteiger partial charge in [0, 0.05) is 6.42 Å². The first-order chi connectivity index (χ1) is 15.6. The number of benzene rings is 3. The summed E-state index contributed by atoms with van der Waals surface area (Å²) in [5, 5.41) is 2.65. The Morgan fingerprint density at radius 1 is 0.969 bits per heavy atom. The Bertz CT molecular complexity index is 1250. The molecule has 3 aromatic carbocycles. The molecule has 1 saturated heterocycles. The van der Waals surface area contributed by atoms with E-state index in [2.05, 4.69) is 5.32 Å². The molecule has 0 aromatic heterocycles. The quantitative estimate of drug-likeness (QED) is 0.372. The Balaban J connectivity index is 1.41. The van der Waals surface area contributed by atoms with Crippen molar-refractivity contribution in [1.29, 1.82) is 0 Å². The predicted molar refractivity (Wildman–Crippen MR) is 125 cm³/mol. The highest BCUT2D eigenvalue weighted by molar-refractivity contribution is 7.80. The van der Waals surface area contributed by atoms with Crippen LogP contribution in [0.15, 0.2) is 78.4 Å². The van der Waals surface area contributed by atoms with E-state index in [1.54, 1.807) is 30.3 Å². The van der Waals surface area contributed by atoms with Gasteiger partial charge in [0.25, 0.3) is 11.8 Å². The summed E-state index contributed by atoms with van der Waals surface area (Å²) in [5.74, 6) is 1.17. The second kappa shape index (κ2) is 8.28. The molecule has 158 valence electrons. The number of rotatable bonds is 4. The van der Waals surface area contributed by atoms with Crippen LogP contribution in [0.5, 0.6) is 17.2 Å². The van der Waals surface area contributed by atoms with Gasteiger partial charge in [0.1, 0.15) is 22.8 Å². The lowest BCUT2D eigenvalue weighted by atomic mass is 10.0. The number of nitrogens with one attached hydrogen (secondary N) is 1. The van der Waals surface area contributed by atoms with Gasteiger partial charge in [-0.2, -0.15) is 0 Å². The highest BCUT2D eigenvalue weighted by Crippen LogP contribution is 2.29. The van der Waals surface area contributed by atoms with E-state index in [1.807, 2.05) is 48.5 Å². The molecule has 1 fully saturated rings. The first kappa shape index (κ1) is 20.0. The smallest absolute Gasteiger partial charge is 0.270 e. The van der Waals surface area contributed by atoms with Crippen LogP contribution in [-0.4, -0.2) is 23.5 Å². The lowest BCUT2D eigenvalue weighted by molar-refractivity contribution is -0.122. The van der Waals surface area contributed by atoms with Gasteiger partial charge in [-0.1, -0.05) is 24.3 Å². The van der Waals surface area contributed by atoms with Crippen LogP contribution in [0.3, 0.4) is 0 Å². The summed E-state index contributed by atoms with van der Waals surface area (Å²) in [6.45, 7) is 0.640. The summed E-state index contributed by atoms with van der Waals surface area (Å²) in [6, 6.07) is 22.0. The molecular formula is C25H18N2O4S. The summed E-state index contributed by atoms with van der Waals surface area (Å²) >= 11 is 5.28. The Kier molecular flexibility index (Phi) is 5.17. The van der Waals surface area contributed by atoms with Crippen molar-refractivity contribution >= 4 is 40.9 Å². The number of ether oxygens (including phenoxy) is 2. The van der Waals surface area contributed by atoms with Crippen LogP contribution in [0, 0.1) is 0 Å². The minimum atomic E-state index is -0.517. The summed E-state index contributed by atoms with van der Waals surface area (Å²) in [4.78, 5) is 27.1. The number of carbonyl (C=O) groups excluding carboxylic acids is 2. The zero-order chi connectivity index (χ0) is 22.1. The number of fused-ring (bicyclic) bond motifs is 1. The SMILES string of the molecule is O=C1NC(=S)N(c2ccc(Oc3ccccc3)cc2)C(=O)C1=Cc1ccc2c(c1)CCO2. The number of carbonyl (C=O) groups is 2. The van der Waals surface area contributed by atoms with Crippen LogP contribution < -0.4 is 19.7 Å². The minimum absolute atomic E-state index is 0.0158. The third kappa shape index (κ3) is 3.86. The Morgan fingerprint density at radius 3 is 2.50 bits per heavy atom. The lowest BCUT2D eigenvalue weighted by Crippen LogP contribution is -2.54. The molecule has 7 heteroatoms. The molecule has 1 N–H and O–H groups in total. The molecule has 0 atom stereocenters. The molecule has 0 unspecified atom stereocenters. The van der Waals surface area contributed by atoms with Gasteiger partial charge in [-0.3, -0.25) is 19.8 Å². The molecule has 0 spiro atoms. The average Bonchev–Trinajstić information content (AvgIpc) is 3.26. The summed E-state index contributed by atoms with van der Waals surface area (Å²) in [5.41, 5.74) is 2.37. The van der Waals surface area contributed by atoms with E-state index in [4.69, 9.17) is 21.7 Å². The lowest BCUT2D eigenvalue weighted by Gasteiger charge is -2.29. The van der Waals surface area contributed by atoms with E-state index < -0.39 is 11.8 Å². The molecule has 0 radical (unpaired) electrons. The number of anilines is 1. The third-order valence-corrected chi connectivity index (χ3v) is 5.48. The van der Waals surface area contributed by atoms with Crippen molar-refractivity contribution in [2.24, 2.45) is 0 Å². The first-order valence-corrected chi connectivity index (χ1v) is 10.5. The van der Waals surface area contributed by atoms with Crippen LogP contribution in [-0.2, 0) is 16.0 Å². The molecule has 0 saturated carbocycles. The van der Waals surface area contributed by atoms with Gasteiger partial charge in [0.05, 0.1) is 12.3 Å². The molecule has 2 aliphatic heterocycles. The molecule has 32 heavy (non-hydrogen) atoms. The number of hydrogen-bond donors (Lipinski definition) is 1. The fourth-order valence-electron chi connectivity index (χ4n) is 3.64. The molecular weight excluding hydrogens is 424 g/mol. The van der Waals surface area contributed by atoms with Gasteiger partial charge in [0.2, 0.25) is 0 Å². The van der Waals surface area contributed by atoms with E-state index in [0.29, 0.717) is 23.8 Å². The van der Waals surface area contributed by atoms with E-state index >= 15 is 0 Å². The van der Waals surface area contributed by atoms with Gasteiger partial charge in [-0.15, -0.1) is 0 Å². The molecule has 2 heterocycles. The van der Waals surface area contributed by atoms with E-state index in [9.17, 15) is 9.59 Å². The van der Waals surface area contributed by atoms with E-state index in [0.717, 1.165) is 23.3 Å². The third-order valence-electron chi connectivity index (χ3n) is 5.20. The highest BCUT2D eigenvalue weighted by Gasteiger charge is 2.34. The maximum absolute atomic E-state index is 13.2. The van der Waals surface area contributed by atoms with Crippen LogP contribution in [0.2, 0.25) is 0 Å². The van der Waals surface area contributed by atoms with Crippen molar-refractivity contribution in [3.63, 3.8) is 0 Å². The van der Waals surface area contributed by atoms with Gasteiger partial charge < -0.3 is 9.47 Å². The van der Waals surface area contributed by atoms with Crippen LogP contribution >= 0.6 is 12.2 Å². The number of amides is 2. The molecule has 0 bridgehead atoms. The van der Waals surface area contributed by atoms with Gasteiger partial charge in [-0.05, 0) is 78.0 Å². The largest absolute Gasteiger partial charge is 0.493 e. The second-order valence-corrected chi connectivity index (χ2v) is 7.72. The maximum Gasteiger partial charge on any atom is 0.270 e. The van der Waals surface area contributed by atoms with E-state index in [-0.39, 0.29) is 10.7 Å². The molecule has 6 nitrogen and oxygen atoms in total. The first-order valence-electron chi connectivity index (χ1n) is 10.1. The zero-order valence-electron chi connectivity index (χ0n) is 16.9. The van der Waals surface area contributed by atoms with Crippen molar-refractivity contribution in [2.45, 2.75) is 6.42 Å².